The van der Waals surface area contributed by atoms with Crippen LogP contribution in [0.4, 0.5) is 0 Å². The van der Waals surface area contributed by atoms with E-state index >= 15 is 0 Å². The lowest BCUT2D eigenvalue weighted by atomic mass is 9.87. The second-order valence-electron chi connectivity index (χ2n) is 10.1. The predicted octanol–water partition coefficient (Wildman–Crippen LogP) is 6.51. The van der Waals surface area contributed by atoms with Crippen molar-refractivity contribution < 1.29 is 9.53 Å². The number of fused-ring (bicyclic) bond motifs is 1. The summed E-state index contributed by atoms with van der Waals surface area (Å²) in [7, 11) is 1.91. The van der Waals surface area contributed by atoms with Gasteiger partial charge in [0.2, 0.25) is 5.88 Å². The molecule has 4 rings (SSSR count). The molecule has 2 heterocycles. The van der Waals surface area contributed by atoms with Crippen LogP contribution in [0.2, 0.25) is 0 Å². The van der Waals surface area contributed by atoms with Crippen molar-refractivity contribution >= 4 is 21.7 Å². The van der Waals surface area contributed by atoms with Gasteiger partial charge in [-0.1, -0.05) is 41.9 Å². The highest BCUT2D eigenvalue weighted by Gasteiger charge is 2.19. The van der Waals surface area contributed by atoms with Gasteiger partial charge in [0.05, 0.1) is 12.3 Å². The first-order chi connectivity index (χ1) is 16.8. The van der Waals surface area contributed by atoms with Crippen molar-refractivity contribution in [3.63, 3.8) is 0 Å². The average Bonchev–Trinajstić information content (AvgIpc) is 3.16. The molecule has 0 saturated heterocycles. The molecule has 186 valence electrons. The number of aromatic nitrogens is 3. The Bertz CT molecular complexity index is 1180. The minimum atomic E-state index is 0.0740. The van der Waals surface area contributed by atoms with Crippen molar-refractivity contribution in [2.75, 3.05) is 6.61 Å². The summed E-state index contributed by atoms with van der Waals surface area (Å²) in [5.74, 6) is 1.43. The van der Waals surface area contributed by atoms with Gasteiger partial charge in [0.25, 0.3) is 0 Å². The first kappa shape index (κ1) is 25.6. The second-order valence-corrected chi connectivity index (χ2v) is 11.0. The molecule has 0 spiro atoms. The lowest BCUT2D eigenvalue weighted by molar-refractivity contribution is -0.117. The molecule has 1 unspecified atom stereocenters. The Labute approximate surface area is 217 Å². The third-order valence-electron chi connectivity index (χ3n) is 6.80. The number of carbonyl (C=O) groups excluding carboxylic acids is 1. The van der Waals surface area contributed by atoms with Crippen LogP contribution >= 0.6 is 15.9 Å². The van der Waals surface area contributed by atoms with Gasteiger partial charge in [-0.3, -0.25) is 4.98 Å². The van der Waals surface area contributed by atoms with Gasteiger partial charge in [0, 0.05) is 41.8 Å². The Morgan fingerprint density at radius 3 is 2.63 bits per heavy atom. The van der Waals surface area contributed by atoms with Crippen LogP contribution in [0.25, 0.3) is 0 Å². The van der Waals surface area contributed by atoms with Gasteiger partial charge in [-0.25, -0.2) is 4.68 Å². The smallest absolute Gasteiger partial charge is 0.211 e. The molecule has 0 radical (unpaired) electrons. The fraction of sp³-hybridized carbons (Fsp3) is 0.483. The highest BCUT2D eigenvalue weighted by atomic mass is 79.9. The molecule has 0 amide bonds. The van der Waals surface area contributed by atoms with Crippen LogP contribution in [0.15, 0.2) is 40.9 Å². The summed E-state index contributed by atoms with van der Waals surface area (Å²) in [6.07, 6.45) is 6.71. The van der Waals surface area contributed by atoms with E-state index in [0.29, 0.717) is 25.4 Å². The van der Waals surface area contributed by atoms with E-state index in [-0.39, 0.29) is 11.7 Å². The summed E-state index contributed by atoms with van der Waals surface area (Å²) >= 11 is 3.66. The molecule has 0 bridgehead atoms. The van der Waals surface area contributed by atoms with Crippen LogP contribution in [0.1, 0.15) is 85.6 Å². The molecule has 3 aromatic rings. The standard InChI is InChI=1S/C29H36BrN3O2/c1-19(2)22-14-24(16-25(30)15-22)23(13-20(3)34)17-27-18-29(33(4)32-27)35-12-11-26-10-9-21-7-5-6-8-28(21)31-26/h9-10,14-16,18-19,23H,5-8,11-13,17H2,1-4H3. The van der Waals surface area contributed by atoms with Crippen molar-refractivity contribution in [3.8, 4) is 5.88 Å². The molecule has 1 aliphatic carbocycles. The summed E-state index contributed by atoms with van der Waals surface area (Å²) in [4.78, 5) is 17.0. The third-order valence-corrected chi connectivity index (χ3v) is 7.26. The fourth-order valence-electron chi connectivity index (χ4n) is 4.88. The molecule has 0 fully saturated rings. The summed E-state index contributed by atoms with van der Waals surface area (Å²) in [6.45, 7) is 6.60. The molecule has 6 heteroatoms. The molecule has 5 nitrogen and oxygen atoms in total. The number of halogens is 1. The van der Waals surface area contributed by atoms with Crippen LogP contribution in [-0.2, 0) is 37.5 Å². The van der Waals surface area contributed by atoms with Crippen LogP contribution in [0.3, 0.4) is 0 Å². The minimum Gasteiger partial charge on any atom is -0.477 e. The van der Waals surface area contributed by atoms with Gasteiger partial charge in [-0.15, -0.1) is 0 Å². The van der Waals surface area contributed by atoms with Crippen molar-refractivity contribution in [3.05, 3.63) is 74.6 Å². The number of aryl methyl sites for hydroxylation is 3. The lowest BCUT2D eigenvalue weighted by Crippen LogP contribution is -2.10. The maximum absolute atomic E-state index is 12.1. The van der Waals surface area contributed by atoms with E-state index in [1.807, 2.05) is 13.1 Å². The molecule has 0 saturated carbocycles. The summed E-state index contributed by atoms with van der Waals surface area (Å²) in [6, 6.07) is 12.9. The topological polar surface area (TPSA) is 57.0 Å². The zero-order valence-electron chi connectivity index (χ0n) is 21.3. The maximum atomic E-state index is 12.1. The van der Waals surface area contributed by atoms with Crippen molar-refractivity contribution in [2.24, 2.45) is 7.05 Å². The van der Waals surface area contributed by atoms with E-state index in [1.165, 1.54) is 35.2 Å². The monoisotopic (exact) mass is 537 g/mol. The van der Waals surface area contributed by atoms with Crippen molar-refractivity contribution in [1.82, 2.24) is 14.8 Å². The summed E-state index contributed by atoms with van der Waals surface area (Å²) in [5, 5.41) is 4.70. The number of hydrogen-bond donors (Lipinski definition) is 0. The number of ether oxygens (including phenoxy) is 1. The number of nitrogens with zero attached hydrogens (tertiary/aromatic N) is 3. The number of benzene rings is 1. The van der Waals surface area contributed by atoms with Gasteiger partial charge in [-0.05, 0) is 85.8 Å². The zero-order valence-corrected chi connectivity index (χ0v) is 22.9. The number of Topliss-reactive ketones (excluding diaryl/α,β-unsaturated/α-hetero) is 1. The van der Waals surface area contributed by atoms with Gasteiger partial charge < -0.3 is 9.53 Å². The quantitative estimate of drug-likeness (QED) is 0.296. The Hall–Kier alpha value is -2.47. The Balaban J connectivity index is 1.43. The van der Waals surface area contributed by atoms with Crippen LogP contribution < -0.4 is 4.74 Å². The van der Waals surface area contributed by atoms with E-state index in [1.54, 1.807) is 11.6 Å². The van der Waals surface area contributed by atoms with E-state index in [4.69, 9.17) is 14.8 Å². The Morgan fingerprint density at radius 2 is 1.86 bits per heavy atom. The maximum Gasteiger partial charge on any atom is 0.211 e. The van der Waals surface area contributed by atoms with E-state index in [2.05, 4.69) is 60.1 Å². The molecule has 35 heavy (non-hydrogen) atoms. The molecule has 0 aliphatic heterocycles. The van der Waals surface area contributed by atoms with Crippen molar-refractivity contribution in [1.29, 1.82) is 0 Å². The van der Waals surface area contributed by atoms with Crippen molar-refractivity contribution in [2.45, 2.75) is 77.6 Å². The molecule has 1 aromatic carbocycles. The van der Waals surface area contributed by atoms with Gasteiger partial charge >= 0.3 is 0 Å². The first-order valence-electron chi connectivity index (χ1n) is 12.7. The lowest BCUT2D eigenvalue weighted by Gasteiger charge is -2.18. The predicted molar refractivity (Wildman–Crippen MR) is 143 cm³/mol. The van der Waals surface area contributed by atoms with Crippen LogP contribution in [-0.4, -0.2) is 27.2 Å². The first-order valence-corrected chi connectivity index (χ1v) is 13.5. The number of ketones is 1. The average molecular weight is 539 g/mol. The summed E-state index contributed by atoms with van der Waals surface area (Å²) < 4.78 is 8.93. The molecule has 1 atom stereocenters. The molecule has 0 N–H and O–H groups in total. The van der Waals surface area contributed by atoms with Gasteiger partial charge in [0.1, 0.15) is 5.78 Å². The van der Waals surface area contributed by atoms with Crippen LogP contribution in [0, 0.1) is 0 Å². The minimum absolute atomic E-state index is 0.0740. The van der Waals surface area contributed by atoms with E-state index in [0.717, 1.165) is 41.0 Å². The summed E-state index contributed by atoms with van der Waals surface area (Å²) in [5.41, 5.74) is 7.13. The third kappa shape index (κ3) is 6.81. The molecular weight excluding hydrogens is 502 g/mol. The van der Waals surface area contributed by atoms with Gasteiger partial charge in [0.15, 0.2) is 0 Å². The second kappa shape index (κ2) is 11.5. The fourth-order valence-corrected chi connectivity index (χ4v) is 5.41. The van der Waals surface area contributed by atoms with E-state index < -0.39 is 0 Å². The molecular formula is C29H36BrN3O2. The number of hydrogen-bond acceptors (Lipinski definition) is 4. The SMILES string of the molecule is CC(=O)CC(Cc1cc(OCCc2ccc3c(n2)CCCC3)n(C)n1)c1cc(Br)cc(C(C)C)c1. The normalized spacial score (nSPS) is 14.1. The largest absolute Gasteiger partial charge is 0.477 e. The number of carbonyl (C=O) groups is 1. The highest BCUT2D eigenvalue weighted by Crippen LogP contribution is 2.31. The highest BCUT2D eigenvalue weighted by molar-refractivity contribution is 9.10. The molecule has 1 aliphatic rings. The zero-order chi connectivity index (χ0) is 24.9. The van der Waals surface area contributed by atoms with E-state index in [9.17, 15) is 4.79 Å². The van der Waals surface area contributed by atoms with Gasteiger partial charge in [-0.2, -0.15) is 5.10 Å². The number of pyridine rings is 1. The number of rotatable bonds is 10. The molecule has 2 aromatic heterocycles. The Morgan fingerprint density at radius 1 is 1.09 bits per heavy atom. The Kier molecular flexibility index (Phi) is 8.42. The van der Waals surface area contributed by atoms with Crippen LogP contribution in [0.5, 0.6) is 5.88 Å².